The first-order chi connectivity index (χ1) is 19.9. The van der Waals surface area contributed by atoms with E-state index >= 15 is 0 Å². The SMILES string of the molecule is CCOc1cc(C2c3c(oc4ccc(Cl)cc4c3=O)C(=O)N2Cc2ccc(F)cc2)ccc1OCc1ccccc1. The molecule has 0 radical (unpaired) electrons. The topological polar surface area (TPSA) is 69.0 Å². The number of hydrogen-bond acceptors (Lipinski definition) is 5. The molecule has 0 N–H and O–H groups in total. The Kier molecular flexibility index (Phi) is 7.20. The summed E-state index contributed by atoms with van der Waals surface area (Å²) in [5.41, 5.74) is 2.49. The molecular weight excluding hydrogens is 545 g/mol. The van der Waals surface area contributed by atoms with Crippen molar-refractivity contribution in [2.45, 2.75) is 26.1 Å². The molecule has 1 aromatic heterocycles. The first-order valence-corrected chi connectivity index (χ1v) is 13.6. The van der Waals surface area contributed by atoms with Crippen molar-refractivity contribution in [3.8, 4) is 11.5 Å². The molecule has 1 amide bonds. The maximum atomic E-state index is 13.9. The van der Waals surface area contributed by atoms with Crippen LogP contribution in [0.2, 0.25) is 5.02 Å². The maximum absolute atomic E-state index is 13.9. The van der Waals surface area contributed by atoms with Gasteiger partial charge in [-0.3, -0.25) is 9.59 Å². The minimum atomic E-state index is -0.787. The largest absolute Gasteiger partial charge is 0.490 e. The van der Waals surface area contributed by atoms with E-state index in [9.17, 15) is 14.0 Å². The van der Waals surface area contributed by atoms with E-state index in [-0.39, 0.29) is 40.1 Å². The number of halogens is 2. The van der Waals surface area contributed by atoms with E-state index in [0.29, 0.717) is 40.9 Å². The summed E-state index contributed by atoms with van der Waals surface area (Å²) in [6, 6.07) is 25.0. The second kappa shape index (κ2) is 11.1. The molecule has 6 rings (SSSR count). The zero-order chi connectivity index (χ0) is 28.5. The van der Waals surface area contributed by atoms with Crippen LogP contribution in [0, 0.1) is 5.82 Å². The van der Waals surface area contributed by atoms with Crippen molar-refractivity contribution in [1.29, 1.82) is 0 Å². The van der Waals surface area contributed by atoms with Crippen LogP contribution in [0.1, 0.15) is 45.8 Å². The lowest BCUT2D eigenvalue weighted by Crippen LogP contribution is -2.29. The Morgan fingerprint density at radius 2 is 1.66 bits per heavy atom. The van der Waals surface area contributed by atoms with Gasteiger partial charge in [-0.1, -0.05) is 60.1 Å². The van der Waals surface area contributed by atoms with E-state index in [4.69, 9.17) is 25.5 Å². The number of amides is 1. The van der Waals surface area contributed by atoms with Crippen molar-refractivity contribution >= 4 is 28.5 Å². The zero-order valence-corrected chi connectivity index (χ0v) is 22.9. The monoisotopic (exact) mass is 569 g/mol. The van der Waals surface area contributed by atoms with Crippen LogP contribution in [0.15, 0.2) is 100 Å². The number of carbonyl (C=O) groups excluding carboxylic acids is 1. The standard InChI is InChI=1S/C33H25ClFNO5/c1-2-39-28-16-22(10-14-27(28)40-19-21-6-4-3-5-7-21)30-29-31(37)25-17-23(34)11-15-26(25)41-32(29)33(38)36(30)18-20-8-12-24(35)13-9-20/h3-17,30H,2,18-19H2,1H3. The van der Waals surface area contributed by atoms with Crippen LogP contribution in [0.5, 0.6) is 11.5 Å². The molecule has 4 aromatic carbocycles. The average molecular weight is 570 g/mol. The molecule has 0 saturated heterocycles. The van der Waals surface area contributed by atoms with E-state index in [2.05, 4.69) is 0 Å². The molecule has 1 aliphatic rings. The Balaban J connectivity index is 1.46. The highest BCUT2D eigenvalue weighted by Gasteiger charge is 2.43. The van der Waals surface area contributed by atoms with Crippen LogP contribution in [0.25, 0.3) is 11.0 Å². The minimum absolute atomic E-state index is 0.0284. The molecule has 0 spiro atoms. The van der Waals surface area contributed by atoms with Crippen molar-refractivity contribution in [2.75, 3.05) is 6.61 Å². The summed E-state index contributed by atoms with van der Waals surface area (Å²) in [4.78, 5) is 29.2. The van der Waals surface area contributed by atoms with Crippen LogP contribution in [-0.4, -0.2) is 17.4 Å². The molecule has 41 heavy (non-hydrogen) atoms. The zero-order valence-electron chi connectivity index (χ0n) is 22.1. The lowest BCUT2D eigenvalue weighted by molar-refractivity contribution is 0.0714. The van der Waals surface area contributed by atoms with Crippen LogP contribution in [-0.2, 0) is 13.2 Å². The predicted molar refractivity (Wildman–Crippen MR) is 154 cm³/mol. The first kappa shape index (κ1) is 26.6. The molecule has 6 nitrogen and oxygen atoms in total. The normalized spacial score (nSPS) is 14.4. The molecule has 206 valence electrons. The molecule has 1 aliphatic heterocycles. The van der Waals surface area contributed by atoms with Gasteiger partial charge in [0, 0.05) is 11.6 Å². The number of ether oxygens (including phenoxy) is 2. The Morgan fingerprint density at radius 3 is 2.41 bits per heavy atom. The summed E-state index contributed by atoms with van der Waals surface area (Å²) in [6.45, 7) is 2.72. The van der Waals surface area contributed by atoms with Gasteiger partial charge in [0.1, 0.15) is 18.0 Å². The summed E-state index contributed by atoms with van der Waals surface area (Å²) < 4.78 is 31.7. The molecule has 2 heterocycles. The Labute approximate surface area is 240 Å². The average Bonchev–Trinajstić information content (AvgIpc) is 3.25. The molecule has 1 atom stereocenters. The fourth-order valence-electron chi connectivity index (χ4n) is 5.11. The van der Waals surface area contributed by atoms with Gasteiger partial charge in [0.25, 0.3) is 5.91 Å². The molecule has 1 unspecified atom stereocenters. The highest BCUT2D eigenvalue weighted by atomic mass is 35.5. The molecule has 8 heteroatoms. The summed E-state index contributed by atoms with van der Waals surface area (Å²) in [6.07, 6.45) is 0. The Hall–Kier alpha value is -4.62. The predicted octanol–water partition coefficient (Wildman–Crippen LogP) is 7.31. The van der Waals surface area contributed by atoms with Gasteiger partial charge in [0.15, 0.2) is 16.9 Å². The third-order valence-electron chi connectivity index (χ3n) is 7.01. The summed E-state index contributed by atoms with van der Waals surface area (Å²) in [5.74, 6) is 0.168. The van der Waals surface area contributed by atoms with Crippen molar-refractivity contribution in [1.82, 2.24) is 4.90 Å². The smallest absolute Gasteiger partial charge is 0.291 e. The van der Waals surface area contributed by atoms with E-state index in [1.165, 1.54) is 12.1 Å². The van der Waals surface area contributed by atoms with Crippen LogP contribution in [0.4, 0.5) is 4.39 Å². The van der Waals surface area contributed by atoms with Gasteiger partial charge in [-0.25, -0.2) is 4.39 Å². The molecule has 5 aromatic rings. The van der Waals surface area contributed by atoms with E-state index in [1.54, 1.807) is 47.4 Å². The van der Waals surface area contributed by atoms with Crippen molar-refractivity contribution in [2.24, 2.45) is 0 Å². The minimum Gasteiger partial charge on any atom is -0.490 e. The number of benzene rings is 4. The van der Waals surface area contributed by atoms with Crippen LogP contribution >= 0.6 is 11.6 Å². The number of fused-ring (bicyclic) bond motifs is 2. The quantitative estimate of drug-likeness (QED) is 0.196. The van der Waals surface area contributed by atoms with Crippen LogP contribution in [0.3, 0.4) is 0 Å². The second-order valence-electron chi connectivity index (χ2n) is 9.69. The molecular formula is C33H25ClFNO5. The van der Waals surface area contributed by atoms with Gasteiger partial charge in [-0.2, -0.15) is 0 Å². The van der Waals surface area contributed by atoms with Gasteiger partial charge in [-0.15, -0.1) is 0 Å². The van der Waals surface area contributed by atoms with Gasteiger partial charge >= 0.3 is 0 Å². The van der Waals surface area contributed by atoms with Crippen molar-refractivity contribution < 1.29 is 23.1 Å². The first-order valence-electron chi connectivity index (χ1n) is 13.2. The second-order valence-corrected chi connectivity index (χ2v) is 10.1. The summed E-state index contributed by atoms with van der Waals surface area (Å²) in [7, 11) is 0. The molecule has 0 aliphatic carbocycles. The number of nitrogens with zero attached hydrogens (tertiary/aromatic N) is 1. The Morgan fingerprint density at radius 1 is 0.878 bits per heavy atom. The van der Waals surface area contributed by atoms with Crippen LogP contribution < -0.4 is 14.9 Å². The van der Waals surface area contributed by atoms with Gasteiger partial charge < -0.3 is 18.8 Å². The van der Waals surface area contributed by atoms with Gasteiger partial charge in [-0.05, 0) is 66.1 Å². The highest BCUT2D eigenvalue weighted by Crippen LogP contribution is 2.42. The third-order valence-corrected chi connectivity index (χ3v) is 7.25. The number of hydrogen-bond donors (Lipinski definition) is 0. The van der Waals surface area contributed by atoms with E-state index < -0.39 is 11.9 Å². The molecule has 0 saturated carbocycles. The van der Waals surface area contributed by atoms with E-state index in [0.717, 1.165) is 5.56 Å². The lowest BCUT2D eigenvalue weighted by atomic mass is 9.97. The third kappa shape index (κ3) is 5.16. The number of rotatable bonds is 8. The van der Waals surface area contributed by atoms with Crippen molar-refractivity contribution in [3.05, 3.63) is 140 Å². The lowest BCUT2D eigenvalue weighted by Gasteiger charge is -2.26. The maximum Gasteiger partial charge on any atom is 0.291 e. The van der Waals surface area contributed by atoms with E-state index in [1.807, 2.05) is 43.3 Å². The molecule has 0 bridgehead atoms. The Bertz CT molecular complexity index is 1800. The van der Waals surface area contributed by atoms with Gasteiger partial charge in [0.05, 0.1) is 23.6 Å². The number of carbonyl (C=O) groups is 1. The summed E-state index contributed by atoms with van der Waals surface area (Å²) >= 11 is 6.20. The van der Waals surface area contributed by atoms with Crippen molar-refractivity contribution in [3.63, 3.8) is 0 Å². The fraction of sp³-hybridized carbons (Fsp3) is 0.152. The fourth-order valence-corrected chi connectivity index (χ4v) is 5.28. The molecule has 0 fully saturated rings. The highest BCUT2D eigenvalue weighted by molar-refractivity contribution is 6.31. The van der Waals surface area contributed by atoms with Gasteiger partial charge in [0.2, 0.25) is 5.76 Å². The summed E-state index contributed by atoms with van der Waals surface area (Å²) in [5, 5.41) is 0.665.